The average Bonchev–Trinajstić information content (AvgIpc) is 2.18. The summed E-state index contributed by atoms with van der Waals surface area (Å²) in [6, 6.07) is 4.25. The molecule has 6 nitrogen and oxygen atoms in total. The molecule has 0 unspecified atom stereocenters. The molecule has 0 radical (unpaired) electrons. The third-order valence-electron chi connectivity index (χ3n) is 1.63. The monoisotopic (exact) mass is 196 g/mol. The lowest BCUT2D eigenvalue weighted by Crippen LogP contribution is -1.95. The highest BCUT2D eigenvalue weighted by Crippen LogP contribution is 2.22. The number of hydrogen-bond donors (Lipinski definition) is 1. The molecule has 1 rings (SSSR count). The molecule has 1 aromatic rings. The third-order valence-corrected chi connectivity index (χ3v) is 1.63. The van der Waals surface area contributed by atoms with E-state index in [1.807, 2.05) is 0 Å². The molecule has 0 atom stereocenters. The quantitative estimate of drug-likeness (QED) is 0.343. The second-order valence-corrected chi connectivity index (χ2v) is 2.43. The molecule has 0 aromatic heterocycles. The maximum atomic E-state index is 10.6. The Morgan fingerprint density at radius 3 is 2.86 bits per heavy atom. The van der Waals surface area contributed by atoms with Crippen molar-refractivity contribution in [3.63, 3.8) is 0 Å². The van der Waals surface area contributed by atoms with Gasteiger partial charge in [0.25, 0.3) is 5.69 Å². The van der Waals surface area contributed by atoms with Gasteiger partial charge in [0.1, 0.15) is 5.75 Å². The standard InChI is InChI=1S/C8H8N2O4/c1-14-7-3-2-6(5-9-11)8(4-7)10(12)13/h2-5,11H,1H3. The van der Waals surface area contributed by atoms with Gasteiger partial charge in [-0.2, -0.15) is 0 Å². The molecule has 1 aromatic carbocycles. The van der Waals surface area contributed by atoms with Crippen LogP contribution in [0, 0.1) is 10.1 Å². The fourth-order valence-corrected chi connectivity index (χ4v) is 0.980. The van der Waals surface area contributed by atoms with Crippen LogP contribution >= 0.6 is 0 Å². The minimum atomic E-state index is -0.570. The number of nitro groups is 1. The van der Waals surface area contributed by atoms with Crippen LogP contribution < -0.4 is 4.74 Å². The van der Waals surface area contributed by atoms with E-state index in [0.29, 0.717) is 5.75 Å². The van der Waals surface area contributed by atoms with E-state index in [2.05, 4.69) is 5.16 Å². The zero-order valence-corrected chi connectivity index (χ0v) is 7.38. The van der Waals surface area contributed by atoms with Gasteiger partial charge in [0.15, 0.2) is 0 Å². The maximum absolute atomic E-state index is 10.6. The van der Waals surface area contributed by atoms with E-state index in [4.69, 9.17) is 9.94 Å². The van der Waals surface area contributed by atoms with Gasteiger partial charge < -0.3 is 9.94 Å². The van der Waals surface area contributed by atoms with E-state index in [9.17, 15) is 10.1 Å². The molecule has 0 heterocycles. The molecule has 6 heteroatoms. The maximum Gasteiger partial charge on any atom is 0.281 e. The highest BCUT2D eigenvalue weighted by atomic mass is 16.6. The van der Waals surface area contributed by atoms with Crippen molar-refractivity contribution >= 4 is 11.9 Å². The molecule has 74 valence electrons. The number of oxime groups is 1. The Labute approximate surface area is 79.6 Å². The first-order valence-electron chi connectivity index (χ1n) is 3.69. The Bertz CT molecular complexity index is 376. The van der Waals surface area contributed by atoms with E-state index >= 15 is 0 Å². The van der Waals surface area contributed by atoms with Gasteiger partial charge in [0, 0.05) is 0 Å². The van der Waals surface area contributed by atoms with Crippen LogP contribution in [0.3, 0.4) is 0 Å². The predicted molar refractivity (Wildman–Crippen MR) is 49.0 cm³/mol. The van der Waals surface area contributed by atoms with Gasteiger partial charge in [-0.3, -0.25) is 10.1 Å². The van der Waals surface area contributed by atoms with Crippen LogP contribution in [-0.4, -0.2) is 23.5 Å². The second-order valence-electron chi connectivity index (χ2n) is 2.43. The summed E-state index contributed by atoms with van der Waals surface area (Å²) in [5.41, 5.74) is 0.0560. The Hall–Kier alpha value is -2.11. The molecule has 0 fully saturated rings. The van der Waals surface area contributed by atoms with Crippen molar-refractivity contribution in [2.45, 2.75) is 0 Å². The van der Waals surface area contributed by atoms with Crippen LogP contribution in [0.15, 0.2) is 23.4 Å². The molecule has 14 heavy (non-hydrogen) atoms. The Kier molecular flexibility index (Phi) is 3.01. The summed E-state index contributed by atoms with van der Waals surface area (Å²) in [7, 11) is 1.42. The molecule has 0 aliphatic heterocycles. The summed E-state index contributed by atoms with van der Waals surface area (Å²) in [5.74, 6) is 0.381. The molecule has 0 spiro atoms. The number of nitrogens with zero attached hydrogens (tertiary/aromatic N) is 2. The molecule has 0 bridgehead atoms. The van der Waals surface area contributed by atoms with Gasteiger partial charge in [0.05, 0.1) is 29.9 Å². The molecule has 0 amide bonds. The van der Waals surface area contributed by atoms with Crippen LogP contribution in [-0.2, 0) is 0 Å². The van der Waals surface area contributed by atoms with Crippen molar-refractivity contribution in [1.82, 2.24) is 0 Å². The van der Waals surface area contributed by atoms with Crippen molar-refractivity contribution < 1.29 is 14.9 Å². The first-order valence-corrected chi connectivity index (χ1v) is 3.69. The van der Waals surface area contributed by atoms with Gasteiger partial charge in [-0.25, -0.2) is 0 Å². The number of hydrogen-bond acceptors (Lipinski definition) is 5. The Morgan fingerprint density at radius 1 is 1.64 bits per heavy atom. The topological polar surface area (TPSA) is 85.0 Å². The van der Waals surface area contributed by atoms with Gasteiger partial charge in [-0.05, 0) is 12.1 Å². The molecular formula is C8H8N2O4. The van der Waals surface area contributed by atoms with Crippen LogP contribution in [0.2, 0.25) is 0 Å². The summed E-state index contributed by atoms with van der Waals surface area (Å²) in [6.45, 7) is 0. The van der Waals surface area contributed by atoms with E-state index in [1.165, 1.54) is 19.2 Å². The van der Waals surface area contributed by atoms with Crippen molar-refractivity contribution in [2.75, 3.05) is 7.11 Å². The third kappa shape index (κ3) is 1.98. The van der Waals surface area contributed by atoms with Gasteiger partial charge >= 0.3 is 0 Å². The van der Waals surface area contributed by atoms with Crippen molar-refractivity contribution in [1.29, 1.82) is 0 Å². The number of rotatable bonds is 3. The SMILES string of the molecule is COc1ccc(C=NO)c([N+](=O)[O-])c1. The fraction of sp³-hybridized carbons (Fsp3) is 0.125. The number of nitro benzene ring substituents is 1. The first kappa shape index (κ1) is 9.97. The summed E-state index contributed by atoms with van der Waals surface area (Å²) in [4.78, 5) is 10.0. The minimum Gasteiger partial charge on any atom is -0.497 e. The zero-order chi connectivity index (χ0) is 10.6. The second kappa shape index (κ2) is 4.22. The van der Waals surface area contributed by atoms with Crippen molar-refractivity contribution in [3.8, 4) is 5.75 Å². The molecule has 0 saturated heterocycles. The van der Waals surface area contributed by atoms with E-state index in [1.54, 1.807) is 6.07 Å². The number of methoxy groups -OCH3 is 1. The van der Waals surface area contributed by atoms with Crippen molar-refractivity contribution in [2.24, 2.45) is 5.16 Å². The minimum absolute atomic E-state index is 0.165. The summed E-state index contributed by atoms with van der Waals surface area (Å²) in [6.07, 6.45) is 0.998. The van der Waals surface area contributed by atoms with Crippen LogP contribution in [0.1, 0.15) is 5.56 Å². The van der Waals surface area contributed by atoms with Crippen LogP contribution in [0.4, 0.5) is 5.69 Å². The van der Waals surface area contributed by atoms with E-state index < -0.39 is 4.92 Å². The molecule has 0 aliphatic carbocycles. The fourth-order valence-electron chi connectivity index (χ4n) is 0.980. The van der Waals surface area contributed by atoms with E-state index in [-0.39, 0.29) is 11.3 Å². The summed E-state index contributed by atoms with van der Waals surface area (Å²) in [5, 5.41) is 21.6. The van der Waals surface area contributed by atoms with Gasteiger partial charge in [-0.15, -0.1) is 0 Å². The normalized spacial score (nSPS) is 10.4. The van der Waals surface area contributed by atoms with Crippen molar-refractivity contribution in [3.05, 3.63) is 33.9 Å². The zero-order valence-electron chi connectivity index (χ0n) is 7.38. The average molecular weight is 196 g/mol. The molecule has 0 saturated carbocycles. The van der Waals surface area contributed by atoms with Crippen LogP contribution in [0.25, 0.3) is 0 Å². The highest BCUT2D eigenvalue weighted by Gasteiger charge is 2.13. The van der Waals surface area contributed by atoms with Crippen LogP contribution in [0.5, 0.6) is 5.75 Å². The largest absolute Gasteiger partial charge is 0.497 e. The lowest BCUT2D eigenvalue weighted by atomic mass is 10.2. The molecule has 1 N–H and O–H groups in total. The van der Waals surface area contributed by atoms with Gasteiger partial charge in [0.2, 0.25) is 0 Å². The number of benzene rings is 1. The van der Waals surface area contributed by atoms with E-state index in [0.717, 1.165) is 6.21 Å². The number of ether oxygens (including phenoxy) is 1. The highest BCUT2D eigenvalue weighted by molar-refractivity contribution is 5.85. The molecular weight excluding hydrogens is 188 g/mol. The lowest BCUT2D eigenvalue weighted by Gasteiger charge is -2.00. The Morgan fingerprint density at radius 2 is 2.36 bits per heavy atom. The van der Waals surface area contributed by atoms with Gasteiger partial charge in [-0.1, -0.05) is 5.16 Å². The summed E-state index contributed by atoms with van der Waals surface area (Å²) < 4.78 is 4.83. The molecule has 0 aliphatic rings. The lowest BCUT2D eigenvalue weighted by molar-refractivity contribution is -0.385. The predicted octanol–water partition coefficient (Wildman–Crippen LogP) is 1.41. The first-order chi connectivity index (χ1) is 6.69. The summed E-state index contributed by atoms with van der Waals surface area (Å²) >= 11 is 0. The smallest absolute Gasteiger partial charge is 0.281 e. The Balaban J connectivity index is 3.23.